The predicted octanol–water partition coefficient (Wildman–Crippen LogP) is 0.599. The van der Waals surface area contributed by atoms with Crippen molar-refractivity contribution in [2.45, 2.75) is 44.7 Å². The van der Waals surface area contributed by atoms with Crippen LogP contribution in [0.2, 0.25) is 0 Å². The molecule has 20 heavy (non-hydrogen) atoms. The summed E-state index contributed by atoms with van der Waals surface area (Å²) in [4.78, 5) is 25.9. The average Bonchev–Trinajstić information content (AvgIpc) is 2.48. The summed E-state index contributed by atoms with van der Waals surface area (Å²) in [5, 5.41) is 6.36. The second kappa shape index (κ2) is 7.88. The number of amides is 2. The van der Waals surface area contributed by atoms with Gasteiger partial charge in [-0.2, -0.15) is 11.8 Å². The second-order valence-electron chi connectivity index (χ2n) is 5.50. The van der Waals surface area contributed by atoms with Crippen LogP contribution in [0.3, 0.4) is 0 Å². The number of hydrogen-bond donors (Lipinski definition) is 2. The Morgan fingerprint density at radius 3 is 2.70 bits per heavy atom. The normalized spacial score (nSPS) is 24.4. The molecule has 2 aliphatic rings. The molecule has 2 fully saturated rings. The number of thioether (sulfide) groups is 1. The zero-order valence-corrected chi connectivity index (χ0v) is 13.0. The maximum atomic E-state index is 12.3. The van der Waals surface area contributed by atoms with E-state index in [2.05, 4.69) is 10.6 Å². The third-order valence-corrected chi connectivity index (χ3v) is 4.93. The highest BCUT2D eigenvalue weighted by Gasteiger charge is 2.29. The number of nitrogens with one attached hydrogen (secondary N) is 2. The van der Waals surface area contributed by atoms with E-state index in [4.69, 9.17) is 0 Å². The number of piperidine rings is 1. The number of nitrogens with zero attached hydrogens (tertiary/aromatic N) is 1. The van der Waals surface area contributed by atoms with Crippen LogP contribution in [-0.2, 0) is 9.59 Å². The Kier molecular flexibility index (Phi) is 6.16. The van der Waals surface area contributed by atoms with Crippen LogP contribution < -0.4 is 10.6 Å². The molecule has 2 heterocycles. The molecule has 0 radical (unpaired) electrons. The molecule has 0 spiro atoms. The quantitative estimate of drug-likeness (QED) is 0.798. The number of carbonyl (C=O) groups excluding carboxylic acids is 2. The molecule has 0 bridgehead atoms. The van der Waals surface area contributed by atoms with Gasteiger partial charge in [0.05, 0.1) is 6.04 Å². The van der Waals surface area contributed by atoms with E-state index in [-0.39, 0.29) is 23.9 Å². The van der Waals surface area contributed by atoms with E-state index >= 15 is 0 Å². The van der Waals surface area contributed by atoms with Gasteiger partial charge in [-0.25, -0.2) is 0 Å². The first-order valence-electron chi connectivity index (χ1n) is 7.60. The molecular weight excluding hydrogens is 274 g/mol. The minimum Gasteiger partial charge on any atom is -0.353 e. The summed E-state index contributed by atoms with van der Waals surface area (Å²) in [5.41, 5.74) is 0. The molecular formula is C14H25N3O2S. The van der Waals surface area contributed by atoms with E-state index in [0.29, 0.717) is 6.42 Å². The molecule has 6 heteroatoms. The van der Waals surface area contributed by atoms with Crippen molar-refractivity contribution < 1.29 is 9.59 Å². The van der Waals surface area contributed by atoms with Gasteiger partial charge in [-0.05, 0) is 19.3 Å². The van der Waals surface area contributed by atoms with Gasteiger partial charge in [-0.15, -0.1) is 0 Å². The summed E-state index contributed by atoms with van der Waals surface area (Å²) < 4.78 is 0. The SMILES string of the molecule is CCCC(=O)NC1CCN(C(=O)C2CSCCN2)CC1. The van der Waals surface area contributed by atoms with Crippen molar-refractivity contribution in [2.24, 2.45) is 0 Å². The van der Waals surface area contributed by atoms with Crippen LogP contribution in [0.15, 0.2) is 0 Å². The van der Waals surface area contributed by atoms with Crippen LogP contribution >= 0.6 is 11.8 Å². The number of likely N-dealkylation sites (tertiary alicyclic amines) is 1. The van der Waals surface area contributed by atoms with Crippen LogP contribution in [-0.4, -0.2) is 59.9 Å². The van der Waals surface area contributed by atoms with Gasteiger partial charge in [0.25, 0.3) is 0 Å². The highest BCUT2D eigenvalue weighted by molar-refractivity contribution is 7.99. The molecule has 0 aromatic carbocycles. The van der Waals surface area contributed by atoms with Gasteiger partial charge in [0, 0.05) is 43.6 Å². The van der Waals surface area contributed by atoms with Crippen LogP contribution in [0.4, 0.5) is 0 Å². The molecule has 0 saturated carbocycles. The van der Waals surface area contributed by atoms with Gasteiger partial charge in [-0.1, -0.05) is 6.92 Å². The van der Waals surface area contributed by atoms with Crippen LogP contribution in [0.5, 0.6) is 0 Å². The molecule has 0 aromatic heterocycles. The van der Waals surface area contributed by atoms with E-state index in [1.54, 1.807) is 0 Å². The molecule has 0 aliphatic carbocycles. The Balaban J connectivity index is 1.73. The molecule has 2 saturated heterocycles. The Morgan fingerprint density at radius 1 is 1.35 bits per heavy atom. The van der Waals surface area contributed by atoms with Crippen molar-refractivity contribution in [1.82, 2.24) is 15.5 Å². The van der Waals surface area contributed by atoms with Crippen LogP contribution in [0.1, 0.15) is 32.6 Å². The lowest BCUT2D eigenvalue weighted by atomic mass is 10.0. The molecule has 2 amide bonds. The fourth-order valence-electron chi connectivity index (χ4n) is 2.72. The molecule has 5 nitrogen and oxygen atoms in total. The van der Waals surface area contributed by atoms with E-state index < -0.39 is 0 Å². The molecule has 1 unspecified atom stereocenters. The maximum Gasteiger partial charge on any atom is 0.240 e. The first kappa shape index (κ1) is 15.6. The van der Waals surface area contributed by atoms with Gasteiger partial charge >= 0.3 is 0 Å². The van der Waals surface area contributed by atoms with E-state index in [1.807, 2.05) is 23.6 Å². The summed E-state index contributed by atoms with van der Waals surface area (Å²) in [6.45, 7) is 4.46. The van der Waals surface area contributed by atoms with Gasteiger partial charge in [0.1, 0.15) is 0 Å². The van der Waals surface area contributed by atoms with E-state index in [9.17, 15) is 9.59 Å². The topological polar surface area (TPSA) is 61.4 Å². The summed E-state index contributed by atoms with van der Waals surface area (Å²) in [7, 11) is 0. The first-order valence-corrected chi connectivity index (χ1v) is 8.75. The standard InChI is InChI=1S/C14H25N3O2S/c1-2-3-13(18)16-11-4-7-17(8-5-11)14(19)12-10-20-9-6-15-12/h11-12,15H,2-10H2,1H3,(H,16,18). The maximum absolute atomic E-state index is 12.3. The number of hydrogen-bond acceptors (Lipinski definition) is 4. The molecule has 2 N–H and O–H groups in total. The monoisotopic (exact) mass is 299 g/mol. The molecule has 1 atom stereocenters. The summed E-state index contributed by atoms with van der Waals surface area (Å²) in [6.07, 6.45) is 3.23. The molecule has 2 rings (SSSR count). The minimum absolute atomic E-state index is 0.0139. The third-order valence-electron chi connectivity index (χ3n) is 3.87. The smallest absolute Gasteiger partial charge is 0.240 e. The van der Waals surface area contributed by atoms with E-state index in [1.165, 1.54) is 0 Å². The fourth-order valence-corrected chi connectivity index (χ4v) is 3.64. The zero-order valence-electron chi connectivity index (χ0n) is 12.2. The molecule has 114 valence electrons. The Bertz CT molecular complexity index is 337. The lowest BCUT2D eigenvalue weighted by Gasteiger charge is -2.35. The second-order valence-corrected chi connectivity index (χ2v) is 6.65. The Hall–Kier alpha value is -0.750. The summed E-state index contributed by atoms with van der Waals surface area (Å²) in [5.74, 6) is 2.35. The van der Waals surface area contributed by atoms with Crippen molar-refractivity contribution in [1.29, 1.82) is 0 Å². The van der Waals surface area contributed by atoms with Crippen molar-refractivity contribution in [3.05, 3.63) is 0 Å². The van der Waals surface area contributed by atoms with Crippen LogP contribution in [0, 0.1) is 0 Å². The highest BCUT2D eigenvalue weighted by Crippen LogP contribution is 2.15. The minimum atomic E-state index is -0.0139. The Labute approximate surface area is 125 Å². The van der Waals surface area contributed by atoms with E-state index in [0.717, 1.165) is 50.4 Å². The Morgan fingerprint density at radius 2 is 2.10 bits per heavy atom. The summed E-state index contributed by atoms with van der Waals surface area (Å²) in [6, 6.07) is 0.228. The fraction of sp³-hybridized carbons (Fsp3) is 0.857. The van der Waals surface area contributed by atoms with Gasteiger partial charge in [0.2, 0.25) is 11.8 Å². The third kappa shape index (κ3) is 4.38. The summed E-state index contributed by atoms with van der Waals surface area (Å²) >= 11 is 1.84. The number of rotatable bonds is 4. The van der Waals surface area contributed by atoms with Gasteiger partial charge in [0.15, 0.2) is 0 Å². The first-order chi connectivity index (χ1) is 9.70. The van der Waals surface area contributed by atoms with Gasteiger partial charge < -0.3 is 15.5 Å². The largest absolute Gasteiger partial charge is 0.353 e. The van der Waals surface area contributed by atoms with Crippen molar-refractivity contribution in [2.75, 3.05) is 31.1 Å². The lowest BCUT2D eigenvalue weighted by molar-refractivity contribution is -0.134. The predicted molar refractivity (Wildman–Crippen MR) is 81.8 cm³/mol. The van der Waals surface area contributed by atoms with Crippen molar-refractivity contribution >= 4 is 23.6 Å². The molecule has 2 aliphatic heterocycles. The van der Waals surface area contributed by atoms with Gasteiger partial charge in [-0.3, -0.25) is 9.59 Å². The van der Waals surface area contributed by atoms with Crippen molar-refractivity contribution in [3.8, 4) is 0 Å². The average molecular weight is 299 g/mol. The van der Waals surface area contributed by atoms with Crippen molar-refractivity contribution in [3.63, 3.8) is 0 Å². The molecule has 0 aromatic rings. The lowest BCUT2D eigenvalue weighted by Crippen LogP contribution is -2.54. The van der Waals surface area contributed by atoms with Crippen LogP contribution in [0.25, 0.3) is 0 Å². The number of carbonyl (C=O) groups is 2. The highest BCUT2D eigenvalue weighted by atomic mass is 32.2. The zero-order chi connectivity index (χ0) is 14.4.